The van der Waals surface area contributed by atoms with Gasteiger partial charge in [0.15, 0.2) is 0 Å². The third-order valence-corrected chi connectivity index (χ3v) is 3.01. The van der Waals surface area contributed by atoms with E-state index in [2.05, 4.69) is 27.0 Å². The van der Waals surface area contributed by atoms with Gasteiger partial charge in [-0.05, 0) is 31.5 Å². The molecule has 0 bridgehead atoms. The summed E-state index contributed by atoms with van der Waals surface area (Å²) in [5, 5.41) is 1.18. The Balaban J connectivity index is 2.80. The first-order chi connectivity index (χ1) is 6.50. The molecule has 1 heterocycles. The minimum atomic E-state index is -0.317. The van der Waals surface area contributed by atoms with Crippen molar-refractivity contribution in [1.29, 1.82) is 0 Å². The van der Waals surface area contributed by atoms with E-state index < -0.39 is 0 Å². The minimum absolute atomic E-state index is 0.317. The van der Waals surface area contributed by atoms with Gasteiger partial charge in [-0.3, -0.25) is 0 Å². The van der Waals surface area contributed by atoms with Gasteiger partial charge in [0.2, 0.25) is 0 Å². The molecule has 0 unspecified atom stereocenters. The molecule has 1 aromatic heterocycles. The van der Waals surface area contributed by atoms with Crippen LogP contribution in [0.4, 0.5) is 0 Å². The van der Waals surface area contributed by atoms with E-state index in [-0.39, 0.29) is 5.54 Å². The topological polar surface area (TPSA) is 41.8 Å². The fourth-order valence-electron chi connectivity index (χ4n) is 1.65. The van der Waals surface area contributed by atoms with E-state index in [0.717, 1.165) is 15.6 Å². The molecule has 2 nitrogen and oxygen atoms in total. The minimum Gasteiger partial charge on any atom is -0.361 e. The molecule has 74 valence electrons. The summed E-state index contributed by atoms with van der Waals surface area (Å²) in [5.41, 5.74) is 8.04. The number of hydrogen-bond acceptors (Lipinski definition) is 1. The van der Waals surface area contributed by atoms with Crippen LogP contribution < -0.4 is 5.73 Å². The third-order valence-electron chi connectivity index (χ3n) is 2.35. The Kier molecular flexibility index (Phi) is 2.16. The highest BCUT2D eigenvalue weighted by Crippen LogP contribution is 2.31. The lowest BCUT2D eigenvalue weighted by molar-refractivity contribution is 0.559. The van der Waals surface area contributed by atoms with E-state index >= 15 is 0 Å². The second kappa shape index (κ2) is 3.11. The maximum atomic E-state index is 6.10. The molecule has 0 aliphatic carbocycles. The van der Waals surface area contributed by atoms with Gasteiger partial charge in [0, 0.05) is 27.1 Å². The van der Waals surface area contributed by atoms with Crippen molar-refractivity contribution in [2.24, 2.45) is 5.73 Å². The van der Waals surface area contributed by atoms with Gasteiger partial charge >= 0.3 is 0 Å². The van der Waals surface area contributed by atoms with Crippen LogP contribution in [0.2, 0.25) is 0 Å². The second-order valence-electron chi connectivity index (χ2n) is 4.09. The Morgan fingerprint density at radius 2 is 2.07 bits per heavy atom. The van der Waals surface area contributed by atoms with Crippen LogP contribution in [-0.2, 0) is 5.54 Å². The zero-order valence-corrected chi connectivity index (χ0v) is 9.85. The van der Waals surface area contributed by atoms with Gasteiger partial charge in [-0.1, -0.05) is 22.0 Å². The number of hydrogen-bond donors (Lipinski definition) is 2. The van der Waals surface area contributed by atoms with E-state index in [1.807, 2.05) is 32.2 Å². The number of fused-ring (bicyclic) bond motifs is 1. The van der Waals surface area contributed by atoms with Crippen LogP contribution in [0.5, 0.6) is 0 Å². The van der Waals surface area contributed by atoms with Gasteiger partial charge in [-0.2, -0.15) is 0 Å². The zero-order chi connectivity index (χ0) is 10.3. The molecule has 0 aliphatic heterocycles. The lowest BCUT2D eigenvalue weighted by Crippen LogP contribution is -2.28. The number of aromatic amines is 1. The summed E-state index contributed by atoms with van der Waals surface area (Å²) in [6, 6.07) is 6.09. The first-order valence-corrected chi connectivity index (χ1v) is 5.34. The number of nitrogens with one attached hydrogen (secondary N) is 1. The molecular weight excluding hydrogens is 240 g/mol. The normalized spacial score (nSPS) is 12.3. The van der Waals surface area contributed by atoms with Crippen molar-refractivity contribution in [3.05, 3.63) is 34.4 Å². The van der Waals surface area contributed by atoms with Gasteiger partial charge < -0.3 is 10.7 Å². The summed E-state index contributed by atoms with van der Waals surface area (Å²) in [7, 11) is 0. The summed E-state index contributed by atoms with van der Waals surface area (Å²) < 4.78 is 1.09. The molecule has 0 aliphatic rings. The number of halogens is 1. The summed E-state index contributed by atoms with van der Waals surface area (Å²) >= 11 is 3.54. The van der Waals surface area contributed by atoms with E-state index in [0.29, 0.717) is 0 Å². The van der Waals surface area contributed by atoms with Crippen molar-refractivity contribution in [2.45, 2.75) is 19.4 Å². The first-order valence-electron chi connectivity index (χ1n) is 4.55. The molecule has 0 atom stereocenters. The predicted molar refractivity (Wildman–Crippen MR) is 63.2 cm³/mol. The molecule has 0 spiro atoms. The van der Waals surface area contributed by atoms with Crippen molar-refractivity contribution in [2.75, 3.05) is 0 Å². The van der Waals surface area contributed by atoms with Crippen LogP contribution in [0, 0.1) is 0 Å². The lowest BCUT2D eigenvalue weighted by atomic mass is 9.95. The predicted octanol–water partition coefficient (Wildman–Crippen LogP) is 3.12. The van der Waals surface area contributed by atoms with E-state index in [9.17, 15) is 0 Å². The monoisotopic (exact) mass is 252 g/mol. The third kappa shape index (κ3) is 1.47. The second-order valence-corrected chi connectivity index (χ2v) is 4.94. The van der Waals surface area contributed by atoms with Gasteiger partial charge in [0.05, 0.1) is 0 Å². The highest BCUT2D eigenvalue weighted by atomic mass is 79.9. The summed E-state index contributed by atoms with van der Waals surface area (Å²) in [6.07, 6.45) is 1.98. The van der Waals surface area contributed by atoms with Gasteiger partial charge in [-0.15, -0.1) is 0 Å². The molecule has 0 radical (unpaired) electrons. The summed E-state index contributed by atoms with van der Waals surface area (Å²) in [6.45, 7) is 4.02. The van der Waals surface area contributed by atoms with E-state index in [4.69, 9.17) is 5.73 Å². The number of H-pyrrole nitrogens is 1. The van der Waals surface area contributed by atoms with Crippen molar-refractivity contribution in [3.8, 4) is 0 Å². The Bertz CT molecular complexity index is 466. The van der Waals surface area contributed by atoms with Gasteiger partial charge in [0.1, 0.15) is 0 Å². The highest BCUT2D eigenvalue weighted by Gasteiger charge is 2.19. The molecule has 0 saturated heterocycles. The number of aromatic nitrogens is 1. The largest absolute Gasteiger partial charge is 0.361 e. The van der Waals surface area contributed by atoms with Crippen molar-refractivity contribution >= 4 is 26.8 Å². The quantitative estimate of drug-likeness (QED) is 0.805. The van der Waals surface area contributed by atoms with E-state index in [1.54, 1.807) is 0 Å². The van der Waals surface area contributed by atoms with Crippen LogP contribution >= 0.6 is 15.9 Å². The van der Waals surface area contributed by atoms with Crippen LogP contribution in [-0.4, -0.2) is 4.98 Å². The molecule has 0 fully saturated rings. The lowest BCUT2D eigenvalue weighted by Gasteiger charge is -2.18. The SMILES string of the molecule is CC(C)(N)c1c[nH]c2cccc(Br)c12. The molecule has 14 heavy (non-hydrogen) atoms. The van der Waals surface area contributed by atoms with Crippen LogP contribution in [0.1, 0.15) is 19.4 Å². The maximum absolute atomic E-state index is 6.10. The van der Waals surface area contributed by atoms with Crippen molar-refractivity contribution in [3.63, 3.8) is 0 Å². The Hall–Kier alpha value is -0.800. The molecule has 2 rings (SSSR count). The van der Waals surface area contributed by atoms with Gasteiger partial charge in [0.25, 0.3) is 0 Å². The molecule has 3 heteroatoms. The van der Waals surface area contributed by atoms with Crippen molar-refractivity contribution < 1.29 is 0 Å². The molecule has 0 amide bonds. The smallest absolute Gasteiger partial charge is 0.0468 e. The number of nitrogens with two attached hydrogens (primary N) is 1. The van der Waals surface area contributed by atoms with Crippen molar-refractivity contribution in [1.82, 2.24) is 4.98 Å². The molecule has 3 N–H and O–H groups in total. The molecule has 2 aromatic rings. The van der Waals surface area contributed by atoms with Crippen LogP contribution in [0.25, 0.3) is 10.9 Å². The Labute approximate surface area is 91.6 Å². The van der Waals surface area contributed by atoms with E-state index in [1.165, 1.54) is 5.39 Å². The Morgan fingerprint density at radius 1 is 1.36 bits per heavy atom. The van der Waals surface area contributed by atoms with Crippen LogP contribution in [0.15, 0.2) is 28.9 Å². The standard InChI is InChI=1S/C11H13BrN2/c1-11(2,13)7-6-14-9-5-3-4-8(12)10(7)9/h3-6,14H,13H2,1-2H3. The maximum Gasteiger partial charge on any atom is 0.0468 e. The fraction of sp³-hybridized carbons (Fsp3) is 0.273. The summed E-state index contributed by atoms with van der Waals surface area (Å²) in [5.74, 6) is 0. The molecule has 0 saturated carbocycles. The average Bonchev–Trinajstić information content (AvgIpc) is 2.47. The highest BCUT2D eigenvalue weighted by molar-refractivity contribution is 9.10. The first kappa shape index (κ1) is 9.74. The Morgan fingerprint density at radius 3 is 2.71 bits per heavy atom. The molecule has 1 aromatic carbocycles. The molecular formula is C11H13BrN2. The van der Waals surface area contributed by atoms with Gasteiger partial charge in [-0.25, -0.2) is 0 Å². The average molecular weight is 253 g/mol. The zero-order valence-electron chi connectivity index (χ0n) is 8.26. The van der Waals surface area contributed by atoms with Crippen LogP contribution in [0.3, 0.4) is 0 Å². The number of rotatable bonds is 1. The fourth-order valence-corrected chi connectivity index (χ4v) is 2.23. The number of benzene rings is 1. The summed E-state index contributed by atoms with van der Waals surface area (Å²) in [4.78, 5) is 3.23.